The molecule has 0 fully saturated rings. The van der Waals surface area contributed by atoms with E-state index < -0.39 is 0 Å². The van der Waals surface area contributed by atoms with Crippen LogP contribution in [0.1, 0.15) is 25.0 Å². The summed E-state index contributed by atoms with van der Waals surface area (Å²) in [6, 6.07) is 16.8. The van der Waals surface area contributed by atoms with Gasteiger partial charge in [-0.15, -0.1) is 0 Å². The van der Waals surface area contributed by atoms with Crippen molar-refractivity contribution in [3.05, 3.63) is 59.7 Å². The van der Waals surface area contributed by atoms with Crippen LogP contribution >= 0.6 is 0 Å². The average molecular weight is 240 g/mol. The van der Waals surface area contributed by atoms with Crippen LogP contribution in [-0.2, 0) is 13.0 Å². The molecule has 0 saturated heterocycles. The van der Waals surface area contributed by atoms with Gasteiger partial charge in [0, 0.05) is 0 Å². The van der Waals surface area contributed by atoms with Gasteiger partial charge in [0.1, 0.15) is 0 Å². The van der Waals surface area contributed by atoms with Gasteiger partial charge in [0.25, 0.3) is 0 Å². The Morgan fingerprint density at radius 1 is 0.778 bits per heavy atom. The van der Waals surface area contributed by atoms with Gasteiger partial charge in [-0.3, -0.25) is 0 Å². The maximum Gasteiger partial charge on any atom is 0.0681 e. The minimum atomic E-state index is 0.105. The Balaban J connectivity index is 2.17. The van der Waals surface area contributed by atoms with Crippen molar-refractivity contribution in [2.45, 2.75) is 26.9 Å². The predicted octanol–water partition coefficient (Wildman–Crippen LogP) is 4.04. The monoisotopic (exact) mass is 240 g/mol. The molecule has 0 spiro atoms. The zero-order valence-electron chi connectivity index (χ0n) is 11.1. The number of aliphatic hydroxyl groups is 1. The Kier molecular flexibility index (Phi) is 4.16. The van der Waals surface area contributed by atoms with Crippen LogP contribution in [0.2, 0.25) is 0 Å². The molecule has 0 unspecified atom stereocenters. The van der Waals surface area contributed by atoms with E-state index in [1.165, 1.54) is 16.7 Å². The molecule has 0 amide bonds. The van der Waals surface area contributed by atoms with E-state index in [4.69, 9.17) is 5.11 Å². The van der Waals surface area contributed by atoms with Crippen LogP contribution < -0.4 is 0 Å². The molecule has 0 radical (unpaired) electrons. The van der Waals surface area contributed by atoms with E-state index in [0.717, 1.165) is 12.0 Å². The maximum atomic E-state index is 9.02. The molecule has 0 saturated carbocycles. The van der Waals surface area contributed by atoms with Crippen LogP contribution in [0.25, 0.3) is 11.1 Å². The second-order valence-corrected chi connectivity index (χ2v) is 5.15. The van der Waals surface area contributed by atoms with Crippen LogP contribution in [0.5, 0.6) is 0 Å². The highest BCUT2D eigenvalue weighted by molar-refractivity contribution is 5.63. The van der Waals surface area contributed by atoms with Crippen LogP contribution in [0.3, 0.4) is 0 Å². The zero-order chi connectivity index (χ0) is 13.0. The first-order chi connectivity index (χ1) is 8.69. The van der Waals surface area contributed by atoms with E-state index in [0.29, 0.717) is 5.92 Å². The smallest absolute Gasteiger partial charge is 0.0681 e. The van der Waals surface area contributed by atoms with Gasteiger partial charge in [0.2, 0.25) is 0 Å². The third-order valence-corrected chi connectivity index (χ3v) is 3.07. The quantitative estimate of drug-likeness (QED) is 0.855. The van der Waals surface area contributed by atoms with Crippen molar-refractivity contribution in [2.24, 2.45) is 5.92 Å². The highest BCUT2D eigenvalue weighted by atomic mass is 16.3. The first-order valence-electron chi connectivity index (χ1n) is 6.48. The second kappa shape index (κ2) is 5.83. The molecule has 2 rings (SSSR count). The number of benzene rings is 2. The van der Waals surface area contributed by atoms with E-state index in [1.54, 1.807) is 0 Å². The molecular weight excluding hydrogens is 220 g/mol. The molecule has 1 N–H and O–H groups in total. The van der Waals surface area contributed by atoms with Gasteiger partial charge in [0.15, 0.2) is 0 Å². The first kappa shape index (κ1) is 12.8. The topological polar surface area (TPSA) is 20.2 Å². The molecule has 0 aliphatic heterocycles. The van der Waals surface area contributed by atoms with Crippen molar-refractivity contribution in [3.8, 4) is 11.1 Å². The SMILES string of the molecule is CC(C)Cc1ccc(-c2ccc(CO)cc2)cc1. The molecular formula is C17H20O. The molecule has 18 heavy (non-hydrogen) atoms. The minimum Gasteiger partial charge on any atom is -0.392 e. The number of aliphatic hydroxyl groups excluding tert-OH is 1. The predicted molar refractivity (Wildman–Crippen MR) is 76.3 cm³/mol. The summed E-state index contributed by atoms with van der Waals surface area (Å²) in [4.78, 5) is 0. The van der Waals surface area contributed by atoms with E-state index in [-0.39, 0.29) is 6.61 Å². The fourth-order valence-corrected chi connectivity index (χ4v) is 2.11. The molecule has 94 valence electrons. The van der Waals surface area contributed by atoms with Gasteiger partial charge in [0.05, 0.1) is 6.61 Å². The summed E-state index contributed by atoms with van der Waals surface area (Å²) in [5.74, 6) is 0.694. The molecule has 0 aliphatic carbocycles. The van der Waals surface area contributed by atoms with Crippen molar-refractivity contribution in [1.29, 1.82) is 0 Å². The fourth-order valence-electron chi connectivity index (χ4n) is 2.11. The molecule has 0 heterocycles. The Hall–Kier alpha value is -1.60. The highest BCUT2D eigenvalue weighted by Crippen LogP contribution is 2.21. The summed E-state index contributed by atoms with van der Waals surface area (Å²) in [5.41, 5.74) is 4.77. The van der Waals surface area contributed by atoms with Gasteiger partial charge >= 0.3 is 0 Å². The largest absolute Gasteiger partial charge is 0.392 e. The molecule has 0 atom stereocenters. The first-order valence-corrected chi connectivity index (χ1v) is 6.48. The van der Waals surface area contributed by atoms with Crippen molar-refractivity contribution in [1.82, 2.24) is 0 Å². The lowest BCUT2D eigenvalue weighted by atomic mass is 9.99. The molecule has 2 aromatic carbocycles. The Morgan fingerprint density at radius 3 is 1.61 bits per heavy atom. The van der Waals surface area contributed by atoms with Crippen LogP contribution in [-0.4, -0.2) is 5.11 Å². The number of hydrogen-bond acceptors (Lipinski definition) is 1. The fraction of sp³-hybridized carbons (Fsp3) is 0.294. The molecule has 1 nitrogen and oxygen atoms in total. The summed E-state index contributed by atoms with van der Waals surface area (Å²) in [6.07, 6.45) is 1.13. The van der Waals surface area contributed by atoms with Gasteiger partial charge in [-0.25, -0.2) is 0 Å². The van der Waals surface area contributed by atoms with Crippen LogP contribution in [0.4, 0.5) is 0 Å². The normalized spacial score (nSPS) is 10.9. The van der Waals surface area contributed by atoms with Gasteiger partial charge in [-0.05, 0) is 34.6 Å². The van der Waals surface area contributed by atoms with E-state index in [9.17, 15) is 0 Å². The molecule has 0 aromatic heterocycles. The van der Waals surface area contributed by atoms with Gasteiger partial charge in [-0.2, -0.15) is 0 Å². The van der Waals surface area contributed by atoms with E-state index in [2.05, 4.69) is 50.2 Å². The zero-order valence-corrected chi connectivity index (χ0v) is 11.1. The molecule has 0 bridgehead atoms. The highest BCUT2D eigenvalue weighted by Gasteiger charge is 2.00. The molecule has 0 aliphatic rings. The summed E-state index contributed by atoms with van der Waals surface area (Å²) in [5, 5.41) is 9.02. The Labute approximate surface area is 109 Å². The van der Waals surface area contributed by atoms with Gasteiger partial charge in [-0.1, -0.05) is 62.4 Å². The van der Waals surface area contributed by atoms with E-state index in [1.807, 2.05) is 12.1 Å². The lowest BCUT2D eigenvalue weighted by molar-refractivity contribution is 0.282. The van der Waals surface area contributed by atoms with Gasteiger partial charge < -0.3 is 5.11 Å². The number of hydrogen-bond donors (Lipinski definition) is 1. The Bertz CT molecular complexity index is 480. The summed E-state index contributed by atoms with van der Waals surface area (Å²) in [7, 11) is 0. The lowest BCUT2D eigenvalue weighted by Gasteiger charge is -2.07. The molecule has 1 heteroatoms. The number of rotatable bonds is 4. The third-order valence-electron chi connectivity index (χ3n) is 3.07. The third kappa shape index (κ3) is 3.21. The Morgan fingerprint density at radius 2 is 1.22 bits per heavy atom. The molecule has 2 aromatic rings. The van der Waals surface area contributed by atoms with Crippen LogP contribution in [0, 0.1) is 5.92 Å². The summed E-state index contributed by atoms with van der Waals surface area (Å²) in [6.45, 7) is 4.58. The van der Waals surface area contributed by atoms with Crippen molar-refractivity contribution in [3.63, 3.8) is 0 Å². The maximum absolute atomic E-state index is 9.02. The van der Waals surface area contributed by atoms with Crippen LogP contribution in [0.15, 0.2) is 48.5 Å². The summed E-state index contributed by atoms with van der Waals surface area (Å²) < 4.78 is 0. The minimum absolute atomic E-state index is 0.105. The van der Waals surface area contributed by atoms with Crippen molar-refractivity contribution < 1.29 is 5.11 Å². The van der Waals surface area contributed by atoms with Crippen molar-refractivity contribution in [2.75, 3.05) is 0 Å². The van der Waals surface area contributed by atoms with E-state index >= 15 is 0 Å². The second-order valence-electron chi connectivity index (χ2n) is 5.15. The summed E-state index contributed by atoms with van der Waals surface area (Å²) >= 11 is 0. The lowest BCUT2D eigenvalue weighted by Crippen LogP contribution is -1.93. The average Bonchev–Trinajstić information content (AvgIpc) is 2.39. The van der Waals surface area contributed by atoms with Crippen molar-refractivity contribution >= 4 is 0 Å². The standard InChI is InChI=1S/C17H20O/c1-13(2)11-14-3-7-16(8-4-14)17-9-5-15(12-18)6-10-17/h3-10,13,18H,11-12H2,1-2H3.